The summed E-state index contributed by atoms with van der Waals surface area (Å²) >= 11 is 5.79. The van der Waals surface area contributed by atoms with Crippen LogP contribution < -0.4 is 16.0 Å². The molecule has 5 heteroatoms. The number of pyridine rings is 1. The Morgan fingerprint density at radius 2 is 2.29 bits per heavy atom. The first-order valence-electron chi connectivity index (χ1n) is 4.42. The van der Waals surface area contributed by atoms with E-state index in [0.717, 1.165) is 18.9 Å². The Hall–Kier alpha value is -1.00. The lowest BCUT2D eigenvalue weighted by Crippen LogP contribution is -2.27. The molecule has 1 aromatic rings. The van der Waals surface area contributed by atoms with Gasteiger partial charge in [-0.3, -0.25) is 0 Å². The maximum atomic E-state index is 5.79. The second-order valence-electron chi connectivity index (χ2n) is 3.11. The van der Waals surface area contributed by atoms with Gasteiger partial charge in [-0.15, -0.1) is 0 Å². The van der Waals surface area contributed by atoms with Gasteiger partial charge in [0, 0.05) is 31.9 Å². The number of hydrogen-bond donors (Lipinski definition) is 2. The molecule has 78 valence electrons. The minimum Gasteiger partial charge on any atom is -0.399 e. The van der Waals surface area contributed by atoms with E-state index in [1.165, 1.54) is 0 Å². The highest BCUT2D eigenvalue weighted by atomic mass is 35.5. The molecule has 0 amide bonds. The van der Waals surface area contributed by atoms with E-state index in [1.54, 1.807) is 6.07 Å². The van der Waals surface area contributed by atoms with Crippen LogP contribution in [0.1, 0.15) is 0 Å². The zero-order chi connectivity index (χ0) is 10.6. The third-order valence-electron chi connectivity index (χ3n) is 1.89. The molecule has 3 N–H and O–H groups in total. The van der Waals surface area contributed by atoms with E-state index in [9.17, 15) is 0 Å². The van der Waals surface area contributed by atoms with Gasteiger partial charge in [-0.1, -0.05) is 11.6 Å². The molecular weight excluding hydrogens is 200 g/mol. The van der Waals surface area contributed by atoms with Crippen LogP contribution in [0.4, 0.5) is 11.5 Å². The molecule has 0 aliphatic heterocycles. The fourth-order valence-corrected chi connectivity index (χ4v) is 1.30. The minimum atomic E-state index is 0.427. The van der Waals surface area contributed by atoms with E-state index in [4.69, 9.17) is 17.3 Å². The normalized spacial score (nSPS) is 10.2. The lowest BCUT2D eigenvalue weighted by molar-refractivity contribution is 0.762. The summed E-state index contributed by atoms with van der Waals surface area (Å²) in [5, 5.41) is 3.49. The van der Waals surface area contributed by atoms with Crippen molar-refractivity contribution < 1.29 is 0 Å². The van der Waals surface area contributed by atoms with Gasteiger partial charge in [0.1, 0.15) is 11.0 Å². The highest BCUT2D eigenvalue weighted by Gasteiger charge is 2.03. The third-order valence-corrected chi connectivity index (χ3v) is 2.08. The summed E-state index contributed by atoms with van der Waals surface area (Å²) in [5.74, 6) is 0.797. The first-order chi connectivity index (χ1) is 6.63. The summed E-state index contributed by atoms with van der Waals surface area (Å²) in [6.45, 7) is 1.76. The van der Waals surface area contributed by atoms with Gasteiger partial charge in [-0.05, 0) is 13.1 Å². The van der Waals surface area contributed by atoms with Gasteiger partial charge in [-0.2, -0.15) is 0 Å². The van der Waals surface area contributed by atoms with Crippen molar-refractivity contribution >= 4 is 23.1 Å². The number of nitrogens with zero attached hydrogens (tertiary/aromatic N) is 2. The molecule has 1 aromatic heterocycles. The molecule has 0 bridgehead atoms. The summed E-state index contributed by atoms with van der Waals surface area (Å²) in [7, 11) is 3.86. The summed E-state index contributed by atoms with van der Waals surface area (Å²) in [5.41, 5.74) is 6.29. The van der Waals surface area contributed by atoms with Gasteiger partial charge < -0.3 is 16.0 Å². The van der Waals surface area contributed by atoms with Crippen LogP contribution in [-0.4, -0.2) is 32.2 Å². The number of nitrogens with two attached hydrogens (primary N) is 1. The van der Waals surface area contributed by atoms with Crippen molar-refractivity contribution in [3.05, 3.63) is 17.3 Å². The van der Waals surface area contributed by atoms with Crippen molar-refractivity contribution in [3.8, 4) is 0 Å². The van der Waals surface area contributed by atoms with Crippen LogP contribution in [0.2, 0.25) is 5.15 Å². The molecule has 14 heavy (non-hydrogen) atoms. The Morgan fingerprint density at radius 3 is 2.86 bits per heavy atom. The van der Waals surface area contributed by atoms with Crippen molar-refractivity contribution in [1.29, 1.82) is 0 Å². The lowest BCUT2D eigenvalue weighted by Gasteiger charge is -2.18. The average Bonchev–Trinajstić information content (AvgIpc) is 2.12. The Kier molecular flexibility index (Phi) is 3.98. The first kappa shape index (κ1) is 11.1. The third kappa shape index (κ3) is 3.05. The monoisotopic (exact) mass is 214 g/mol. The number of nitrogens with one attached hydrogen (secondary N) is 1. The Morgan fingerprint density at radius 1 is 1.57 bits per heavy atom. The molecule has 4 nitrogen and oxygen atoms in total. The molecule has 0 fully saturated rings. The minimum absolute atomic E-state index is 0.427. The molecule has 0 spiro atoms. The largest absolute Gasteiger partial charge is 0.399 e. The van der Waals surface area contributed by atoms with Gasteiger partial charge in [0.25, 0.3) is 0 Å². The van der Waals surface area contributed by atoms with E-state index in [1.807, 2.05) is 25.1 Å². The van der Waals surface area contributed by atoms with Gasteiger partial charge >= 0.3 is 0 Å². The second-order valence-corrected chi connectivity index (χ2v) is 3.49. The van der Waals surface area contributed by atoms with E-state index < -0.39 is 0 Å². The number of likely N-dealkylation sites (N-methyl/N-ethyl adjacent to an activating group) is 2. The van der Waals surface area contributed by atoms with Gasteiger partial charge in [0.05, 0.1) is 0 Å². The molecule has 0 aliphatic rings. The Balaban J connectivity index is 2.73. The molecule has 1 heterocycles. The molecule has 0 aromatic carbocycles. The van der Waals surface area contributed by atoms with Crippen LogP contribution >= 0.6 is 11.6 Å². The maximum Gasteiger partial charge on any atom is 0.133 e. The predicted molar refractivity (Wildman–Crippen MR) is 60.9 cm³/mol. The van der Waals surface area contributed by atoms with E-state index >= 15 is 0 Å². The SMILES string of the molecule is CNCCN(C)c1cc(N)cc(Cl)n1. The van der Waals surface area contributed by atoms with E-state index in [2.05, 4.69) is 10.3 Å². The number of nitrogen functional groups attached to an aromatic ring is 1. The Bertz CT molecular complexity index is 283. The van der Waals surface area contributed by atoms with Crippen molar-refractivity contribution in [2.75, 3.05) is 37.8 Å². The number of anilines is 2. The van der Waals surface area contributed by atoms with Crippen molar-refractivity contribution in [2.24, 2.45) is 0 Å². The van der Waals surface area contributed by atoms with Crippen LogP contribution in [0.25, 0.3) is 0 Å². The lowest BCUT2D eigenvalue weighted by atomic mass is 10.4. The molecular formula is C9H15ClN4. The van der Waals surface area contributed by atoms with Crippen LogP contribution in [0, 0.1) is 0 Å². The van der Waals surface area contributed by atoms with Crippen LogP contribution in [0.3, 0.4) is 0 Å². The molecule has 0 saturated heterocycles. The second kappa shape index (κ2) is 5.02. The van der Waals surface area contributed by atoms with Crippen LogP contribution in [-0.2, 0) is 0 Å². The van der Waals surface area contributed by atoms with Crippen LogP contribution in [0.15, 0.2) is 12.1 Å². The van der Waals surface area contributed by atoms with Crippen molar-refractivity contribution in [2.45, 2.75) is 0 Å². The van der Waals surface area contributed by atoms with Gasteiger partial charge in [0.2, 0.25) is 0 Å². The van der Waals surface area contributed by atoms with Crippen molar-refractivity contribution in [3.63, 3.8) is 0 Å². The van der Waals surface area contributed by atoms with Crippen molar-refractivity contribution in [1.82, 2.24) is 10.3 Å². The van der Waals surface area contributed by atoms with E-state index in [-0.39, 0.29) is 0 Å². The fourth-order valence-electron chi connectivity index (χ4n) is 1.09. The summed E-state index contributed by atoms with van der Waals surface area (Å²) in [6.07, 6.45) is 0. The zero-order valence-corrected chi connectivity index (χ0v) is 9.17. The molecule has 0 radical (unpaired) electrons. The molecule has 0 aliphatic carbocycles. The van der Waals surface area contributed by atoms with Gasteiger partial charge in [0.15, 0.2) is 0 Å². The Labute approximate surface area is 89.1 Å². The quantitative estimate of drug-likeness (QED) is 0.734. The highest BCUT2D eigenvalue weighted by molar-refractivity contribution is 6.29. The standard InChI is InChI=1S/C9H15ClN4/c1-12-3-4-14(2)9-6-7(11)5-8(10)13-9/h5-6,12H,3-4H2,1-2H3,(H2,11,13). The fraction of sp³-hybridized carbons (Fsp3) is 0.444. The predicted octanol–water partition coefficient (Wildman–Crippen LogP) is 0.973. The maximum absolute atomic E-state index is 5.79. The molecule has 0 unspecified atom stereocenters. The van der Waals surface area contributed by atoms with E-state index in [0.29, 0.717) is 10.8 Å². The first-order valence-corrected chi connectivity index (χ1v) is 4.80. The topological polar surface area (TPSA) is 54.2 Å². The number of halogens is 1. The zero-order valence-electron chi connectivity index (χ0n) is 8.42. The number of aromatic nitrogens is 1. The summed E-state index contributed by atoms with van der Waals surface area (Å²) in [6, 6.07) is 3.44. The summed E-state index contributed by atoms with van der Waals surface area (Å²) < 4.78 is 0. The average molecular weight is 215 g/mol. The van der Waals surface area contributed by atoms with Gasteiger partial charge in [-0.25, -0.2) is 4.98 Å². The number of rotatable bonds is 4. The number of hydrogen-bond acceptors (Lipinski definition) is 4. The highest BCUT2D eigenvalue weighted by Crippen LogP contribution is 2.18. The molecule has 0 atom stereocenters. The molecule has 0 saturated carbocycles. The summed E-state index contributed by atoms with van der Waals surface area (Å²) in [4.78, 5) is 6.17. The molecule has 1 rings (SSSR count). The van der Waals surface area contributed by atoms with Crippen LogP contribution in [0.5, 0.6) is 0 Å². The smallest absolute Gasteiger partial charge is 0.133 e.